The van der Waals surface area contributed by atoms with Gasteiger partial charge in [0.2, 0.25) is 0 Å². The van der Waals surface area contributed by atoms with E-state index in [0.29, 0.717) is 17.5 Å². The highest BCUT2D eigenvalue weighted by Gasteiger charge is 2.22. The van der Waals surface area contributed by atoms with E-state index in [4.69, 9.17) is 19.4 Å². The third-order valence-electron chi connectivity index (χ3n) is 9.37. The molecule has 50 heavy (non-hydrogen) atoms. The second-order valence-corrected chi connectivity index (χ2v) is 13.4. The van der Waals surface area contributed by atoms with Gasteiger partial charge in [-0.1, -0.05) is 140 Å². The van der Waals surface area contributed by atoms with Crippen LogP contribution in [0.25, 0.3) is 98.5 Å². The third kappa shape index (κ3) is 4.71. The summed E-state index contributed by atoms with van der Waals surface area (Å²) < 4.78 is 9.22. The van der Waals surface area contributed by atoms with Gasteiger partial charge in [0.1, 0.15) is 11.2 Å². The van der Waals surface area contributed by atoms with Gasteiger partial charge >= 0.3 is 0 Å². The lowest BCUT2D eigenvalue weighted by molar-refractivity contribution is 0.670. The lowest BCUT2D eigenvalue weighted by atomic mass is 9.88. The van der Waals surface area contributed by atoms with E-state index in [1.807, 2.05) is 84.1 Å². The number of aromatic nitrogens is 3. The largest absolute Gasteiger partial charge is 0.455 e. The van der Waals surface area contributed by atoms with Crippen molar-refractivity contribution >= 4 is 53.4 Å². The maximum absolute atomic E-state index is 6.67. The molecule has 0 unspecified atom stereocenters. The number of para-hydroxylation sites is 2. The fraction of sp³-hybridized carbons (Fsp3) is 0. The first-order chi connectivity index (χ1) is 24.8. The number of thiophene rings is 1. The van der Waals surface area contributed by atoms with Crippen molar-refractivity contribution in [3.8, 4) is 56.4 Å². The predicted molar refractivity (Wildman–Crippen MR) is 207 cm³/mol. The molecule has 0 radical (unpaired) electrons. The molecule has 0 amide bonds. The topological polar surface area (TPSA) is 51.8 Å². The second kappa shape index (κ2) is 11.6. The van der Waals surface area contributed by atoms with Crippen LogP contribution in [0.5, 0.6) is 0 Å². The predicted octanol–water partition coefficient (Wildman–Crippen LogP) is 12.5. The van der Waals surface area contributed by atoms with E-state index in [2.05, 4.69) is 91.0 Å². The SMILES string of the molecule is c1ccc(-c2nc(-c3ccccc3)nc(-c3cccc(-c4ccc5sc6ccccc6c5c4)c3-c3cccc4c3oc3ccccc34)n2)cc1. The molecule has 4 nitrogen and oxygen atoms in total. The minimum Gasteiger partial charge on any atom is -0.455 e. The molecule has 234 valence electrons. The van der Waals surface area contributed by atoms with E-state index in [0.717, 1.165) is 60.9 Å². The summed E-state index contributed by atoms with van der Waals surface area (Å²) >= 11 is 1.83. The Morgan fingerprint density at radius 3 is 1.74 bits per heavy atom. The average Bonchev–Trinajstić information content (AvgIpc) is 3.76. The summed E-state index contributed by atoms with van der Waals surface area (Å²) in [7, 11) is 0. The number of benzene rings is 7. The number of furan rings is 1. The number of hydrogen-bond acceptors (Lipinski definition) is 5. The Balaban J connectivity index is 1.29. The van der Waals surface area contributed by atoms with Crippen LogP contribution in [0.1, 0.15) is 0 Å². The molecular weight excluding hydrogens is 631 g/mol. The molecular formula is C45H27N3OS. The zero-order chi connectivity index (χ0) is 33.0. The summed E-state index contributed by atoms with van der Waals surface area (Å²) in [5.74, 6) is 1.85. The zero-order valence-corrected chi connectivity index (χ0v) is 27.6. The van der Waals surface area contributed by atoms with Gasteiger partial charge in [-0.3, -0.25) is 0 Å². The maximum Gasteiger partial charge on any atom is 0.164 e. The summed E-state index contributed by atoms with van der Waals surface area (Å²) in [6.45, 7) is 0. The molecule has 3 aromatic heterocycles. The molecule has 5 heteroatoms. The fourth-order valence-corrected chi connectivity index (χ4v) is 8.12. The fourth-order valence-electron chi connectivity index (χ4n) is 7.04. The maximum atomic E-state index is 6.67. The number of nitrogens with zero attached hydrogens (tertiary/aromatic N) is 3. The minimum atomic E-state index is 0.602. The number of hydrogen-bond donors (Lipinski definition) is 0. The van der Waals surface area contributed by atoms with Crippen LogP contribution in [0.2, 0.25) is 0 Å². The van der Waals surface area contributed by atoms with Gasteiger partial charge in [0, 0.05) is 58.8 Å². The van der Waals surface area contributed by atoms with Crippen molar-refractivity contribution in [2.24, 2.45) is 0 Å². The lowest BCUT2D eigenvalue weighted by Crippen LogP contribution is -2.01. The average molecular weight is 658 g/mol. The summed E-state index contributed by atoms with van der Waals surface area (Å²) in [5.41, 5.74) is 8.66. The molecule has 0 spiro atoms. The molecule has 0 N–H and O–H groups in total. The summed E-state index contributed by atoms with van der Waals surface area (Å²) in [5, 5.41) is 4.68. The first-order valence-electron chi connectivity index (χ1n) is 16.6. The monoisotopic (exact) mass is 657 g/mol. The summed E-state index contributed by atoms with van der Waals surface area (Å²) in [4.78, 5) is 15.3. The number of fused-ring (bicyclic) bond motifs is 6. The molecule has 0 aliphatic rings. The van der Waals surface area contributed by atoms with Crippen molar-refractivity contribution in [3.63, 3.8) is 0 Å². The Morgan fingerprint density at radius 2 is 0.960 bits per heavy atom. The molecule has 0 fully saturated rings. The Bertz CT molecular complexity index is 2820. The Labute approximate surface area is 292 Å². The van der Waals surface area contributed by atoms with E-state index in [-0.39, 0.29) is 0 Å². The van der Waals surface area contributed by atoms with Gasteiger partial charge < -0.3 is 4.42 Å². The Hall–Kier alpha value is -6.43. The van der Waals surface area contributed by atoms with Gasteiger partial charge in [0.15, 0.2) is 17.5 Å². The Kier molecular flexibility index (Phi) is 6.64. The van der Waals surface area contributed by atoms with Gasteiger partial charge in [0.05, 0.1) is 0 Å². The zero-order valence-electron chi connectivity index (χ0n) is 26.7. The van der Waals surface area contributed by atoms with Crippen molar-refractivity contribution in [3.05, 3.63) is 164 Å². The van der Waals surface area contributed by atoms with E-state index in [9.17, 15) is 0 Å². The molecule has 0 atom stereocenters. The standard InChI is InChI=1S/C45H27N3OS/c1-3-13-28(14-4-1)43-46-44(29-15-5-2-6-16-29)48-45(47-43)36-22-11-19-31(30-25-26-40-37(27-30)33-18-8-10-24-39(33)50-40)41(36)35-21-12-20-34-32-17-7-9-23-38(32)49-42(34)35/h1-27H. The van der Waals surface area contributed by atoms with Crippen LogP contribution in [0, 0.1) is 0 Å². The van der Waals surface area contributed by atoms with E-state index in [1.54, 1.807) is 0 Å². The molecule has 0 aliphatic heterocycles. The molecule has 10 rings (SSSR count). The number of rotatable bonds is 5. The first-order valence-corrected chi connectivity index (χ1v) is 17.4. The van der Waals surface area contributed by atoms with E-state index < -0.39 is 0 Å². The highest BCUT2D eigenvalue weighted by atomic mass is 32.1. The van der Waals surface area contributed by atoms with Gasteiger partial charge in [0.25, 0.3) is 0 Å². The van der Waals surface area contributed by atoms with Crippen LogP contribution in [0.4, 0.5) is 0 Å². The second-order valence-electron chi connectivity index (χ2n) is 12.4. The Morgan fingerprint density at radius 1 is 0.380 bits per heavy atom. The highest BCUT2D eigenvalue weighted by Crippen LogP contribution is 2.45. The normalized spacial score (nSPS) is 11.6. The van der Waals surface area contributed by atoms with Crippen LogP contribution < -0.4 is 0 Å². The smallest absolute Gasteiger partial charge is 0.164 e. The molecule has 10 aromatic rings. The van der Waals surface area contributed by atoms with Gasteiger partial charge in [-0.2, -0.15) is 0 Å². The minimum absolute atomic E-state index is 0.602. The lowest BCUT2D eigenvalue weighted by Gasteiger charge is -2.17. The van der Waals surface area contributed by atoms with Crippen LogP contribution in [-0.2, 0) is 0 Å². The highest BCUT2D eigenvalue weighted by molar-refractivity contribution is 7.25. The quantitative estimate of drug-likeness (QED) is 0.185. The molecule has 0 saturated heterocycles. The van der Waals surface area contributed by atoms with Crippen molar-refractivity contribution in [2.45, 2.75) is 0 Å². The summed E-state index contributed by atoms with van der Waals surface area (Å²) in [6, 6.07) is 56.8. The van der Waals surface area contributed by atoms with E-state index in [1.165, 1.54) is 20.2 Å². The van der Waals surface area contributed by atoms with Crippen LogP contribution >= 0.6 is 11.3 Å². The van der Waals surface area contributed by atoms with Gasteiger partial charge in [-0.25, -0.2) is 15.0 Å². The third-order valence-corrected chi connectivity index (χ3v) is 10.5. The van der Waals surface area contributed by atoms with E-state index >= 15 is 0 Å². The molecule has 0 saturated carbocycles. The van der Waals surface area contributed by atoms with Gasteiger partial charge in [-0.05, 0) is 35.4 Å². The van der Waals surface area contributed by atoms with Crippen molar-refractivity contribution in [1.29, 1.82) is 0 Å². The first kappa shape index (κ1) is 28.6. The molecule has 3 heterocycles. The molecule has 7 aromatic carbocycles. The van der Waals surface area contributed by atoms with Crippen LogP contribution in [0.15, 0.2) is 168 Å². The van der Waals surface area contributed by atoms with Crippen LogP contribution in [0.3, 0.4) is 0 Å². The van der Waals surface area contributed by atoms with Crippen molar-refractivity contribution in [1.82, 2.24) is 15.0 Å². The molecule has 0 aliphatic carbocycles. The summed E-state index contributed by atoms with van der Waals surface area (Å²) in [6.07, 6.45) is 0. The molecule has 0 bridgehead atoms. The van der Waals surface area contributed by atoms with Gasteiger partial charge in [-0.15, -0.1) is 11.3 Å². The van der Waals surface area contributed by atoms with Crippen LogP contribution in [-0.4, -0.2) is 15.0 Å². The van der Waals surface area contributed by atoms with Crippen molar-refractivity contribution < 1.29 is 4.42 Å². The van der Waals surface area contributed by atoms with Crippen molar-refractivity contribution in [2.75, 3.05) is 0 Å².